The second kappa shape index (κ2) is 9.46. The van der Waals surface area contributed by atoms with Crippen molar-refractivity contribution in [3.05, 3.63) is 78.4 Å². The Balaban J connectivity index is 1.78. The van der Waals surface area contributed by atoms with Crippen molar-refractivity contribution in [1.82, 2.24) is 5.43 Å². The maximum absolute atomic E-state index is 5.80. The van der Waals surface area contributed by atoms with Gasteiger partial charge < -0.3 is 19.6 Å². The predicted octanol–water partition coefficient (Wildman–Crippen LogP) is 4.55. The van der Waals surface area contributed by atoms with Gasteiger partial charge in [0.05, 0.1) is 27.0 Å². The summed E-state index contributed by atoms with van der Waals surface area (Å²) in [6.07, 6.45) is 3.52. The van der Waals surface area contributed by atoms with Crippen LogP contribution >= 0.6 is 0 Å². The van der Waals surface area contributed by atoms with Gasteiger partial charge in [0.2, 0.25) is 0 Å². The van der Waals surface area contributed by atoms with E-state index >= 15 is 0 Å². The van der Waals surface area contributed by atoms with Crippen molar-refractivity contribution in [3.8, 4) is 17.2 Å². The number of benzene rings is 3. The molecule has 0 unspecified atom stereocenters. The van der Waals surface area contributed by atoms with Gasteiger partial charge in [0.25, 0.3) is 0 Å². The van der Waals surface area contributed by atoms with E-state index in [9.17, 15) is 0 Å². The lowest BCUT2D eigenvalue weighted by Crippen LogP contribution is -2.07. The third-order valence-electron chi connectivity index (χ3n) is 4.30. The van der Waals surface area contributed by atoms with E-state index in [4.69, 9.17) is 14.2 Å². The lowest BCUT2D eigenvalue weighted by Gasteiger charge is -2.11. The summed E-state index contributed by atoms with van der Waals surface area (Å²) in [5, 5.41) is 6.62. The van der Waals surface area contributed by atoms with E-state index in [1.807, 2.05) is 42.5 Å². The van der Waals surface area contributed by atoms with Crippen LogP contribution < -0.4 is 19.6 Å². The molecule has 0 bridgehead atoms. The van der Waals surface area contributed by atoms with Crippen LogP contribution in [0.3, 0.4) is 0 Å². The first kappa shape index (κ1) is 19.3. The number of nitrogens with zero attached hydrogens (tertiary/aromatic N) is 1. The van der Waals surface area contributed by atoms with Gasteiger partial charge in [-0.3, -0.25) is 0 Å². The third kappa shape index (κ3) is 4.43. The lowest BCUT2D eigenvalue weighted by atomic mass is 10.0. The van der Waals surface area contributed by atoms with Crippen LogP contribution in [-0.2, 0) is 6.54 Å². The summed E-state index contributed by atoms with van der Waals surface area (Å²) < 4.78 is 16.4. The zero-order valence-electron chi connectivity index (χ0n) is 16.1. The Morgan fingerprint density at radius 3 is 2.54 bits per heavy atom. The average molecular weight is 376 g/mol. The molecule has 3 aromatic rings. The number of hydrogen-bond donors (Lipinski definition) is 1. The molecule has 28 heavy (non-hydrogen) atoms. The Labute approximate surface area is 165 Å². The molecule has 0 spiro atoms. The first-order valence-electron chi connectivity index (χ1n) is 8.99. The topological polar surface area (TPSA) is 52.1 Å². The van der Waals surface area contributed by atoms with Gasteiger partial charge in [-0.15, -0.1) is 0 Å². The fourth-order valence-corrected chi connectivity index (χ4v) is 2.92. The zero-order valence-corrected chi connectivity index (χ0v) is 16.1. The van der Waals surface area contributed by atoms with Gasteiger partial charge in [0.1, 0.15) is 12.4 Å². The van der Waals surface area contributed by atoms with Crippen molar-refractivity contribution in [2.75, 3.05) is 20.8 Å². The van der Waals surface area contributed by atoms with Gasteiger partial charge in [-0.2, -0.15) is 5.10 Å². The third-order valence-corrected chi connectivity index (χ3v) is 4.30. The van der Waals surface area contributed by atoms with Crippen LogP contribution in [0.15, 0.2) is 72.4 Å². The van der Waals surface area contributed by atoms with Crippen molar-refractivity contribution in [1.29, 1.82) is 0 Å². The number of hydrogen-bond acceptors (Lipinski definition) is 5. The molecule has 0 saturated heterocycles. The van der Waals surface area contributed by atoms with E-state index in [1.165, 1.54) is 0 Å². The van der Waals surface area contributed by atoms with E-state index in [-0.39, 0.29) is 0 Å². The molecule has 3 aromatic carbocycles. The normalized spacial score (nSPS) is 10.8. The van der Waals surface area contributed by atoms with Crippen molar-refractivity contribution in [2.24, 2.45) is 5.10 Å². The van der Waals surface area contributed by atoms with Gasteiger partial charge in [0, 0.05) is 5.56 Å². The minimum atomic E-state index is 0.443. The number of ether oxygens (including phenoxy) is 3. The predicted molar refractivity (Wildman–Crippen MR) is 114 cm³/mol. The molecule has 0 fully saturated rings. The standard InChI is InChI=1S/C23H24N2O3/c1-4-13-28-21-12-10-18-7-5-6-8-19(18)20(21)16-25-24-15-17-9-11-22(26-2)23(14-17)27-3/h4-12,14,16,24H,1,13,15H2,2-3H3/b25-16-. The van der Waals surface area contributed by atoms with Crippen LogP contribution in [0.1, 0.15) is 11.1 Å². The van der Waals surface area contributed by atoms with Crippen molar-refractivity contribution in [2.45, 2.75) is 6.54 Å². The molecule has 0 aliphatic heterocycles. The molecule has 0 atom stereocenters. The highest BCUT2D eigenvalue weighted by Gasteiger charge is 2.07. The molecule has 0 radical (unpaired) electrons. The molecule has 0 heterocycles. The first-order valence-corrected chi connectivity index (χ1v) is 8.99. The minimum Gasteiger partial charge on any atom is -0.493 e. The van der Waals surface area contributed by atoms with Gasteiger partial charge in [-0.05, 0) is 34.5 Å². The minimum absolute atomic E-state index is 0.443. The van der Waals surface area contributed by atoms with E-state index in [1.54, 1.807) is 26.5 Å². The molecule has 144 valence electrons. The van der Waals surface area contributed by atoms with Gasteiger partial charge in [-0.1, -0.05) is 49.1 Å². The lowest BCUT2D eigenvalue weighted by molar-refractivity contribution is 0.354. The Morgan fingerprint density at radius 1 is 0.964 bits per heavy atom. The summed E-state index contributed by atoms with van der Waals surface area (Å²) in [6, 6.07) is 17.9. The van der Waals surface area contributed by atoms with Crippen LogP contribution in [0.5, 0.6) is 17.2 Å². The number of fused-ring (bicyclic) bond motifs is 1. The van der Waals surface area contributed by atoms with Gasteiger partial charge >= 0.3 is 0 Å². The van der Waals surface area contributed by atoms with Crippen LogP contribution in [0.25, 0.3) is 10.8 Å². The van der Waals surface area contributed by atoms with E-state index in [0.717, 1.165) is 27.6 Å². The van der Waals surface area contributed by atoms with Crippen molar-refractivity contribution in [3.63, 3.8) is 0 Å². The number of nitrogens with one attached hydrogen (secondary N) is 1. The maximum Gasteiger partial charge on any atom is 0.161 e. The Morgan fingerprint density at radius 2 is 1.75 bits per heavy atom. The largest absolute Gasteiger partial charge is 0.493 e. The summed E-state index contributed by atoms with van der Waals surface area (Å²) in [4.78, 5) is 0. The molecular weight excluding hydrogens is 352 g/mol. The molecule has 5 heteroatoms. The number of hydrazone groups is 1. The smallest absolute Gasteiger partial charge is 0.161 e. The van der Waals surface area contributed by atoms with E-state index < -0.39 is 0 Å². The summed E-state index contributed by atoms with van der Waals surface area (Å²) >= 11 is 0. The second-order valence-electron chi connectivity index (χ2n) is 6.08. The van der Waals surface area contributed by atoms with Crippen LogP contribution in [0, 0.1) is 0 Å². The van der Waals surface area contributed by atoms with Crippen LogP contribution in [0.4, 0.5) is 0 Å². The molecule has 0 amide bonds. The van der Waals surface area contributed by atoms with E-state index in [2.05, 4.69) is 29.2 Å². The first-order chi connectivity index (χ1) is 13.8. The molecule has 3 rings (SSSR count). The number of rotatable bonds is 9. The van der Waals surface area contributed by atoms with Crippen molar-refractivity contribution < 1.29 is 14.2 Å². The molecule has 5 nitrogen and oxygen atoms in total. The summed E-state index contributed by atoms with van der Waals surface area (Å²) in [7, 11) is 3.24. The quantitative estimate of drug-likeness (QED) is 0.338. The average Bonchev–Trinajstić information content (AvgIpc) is 2.75. The Kier molecular flexibility index (Phi) is 6.52. The molecule has 0 aromatic heterocycles. The van der Waals surface area contributed by atoms with Crippen LogP contribution in [0.2, 0.25) is 0 Å². The SMILES string of the molecule is C=CCOc1ccc2ccccc2c1/C=N\NCc1ccc(OC)c(OC)c1. The maximum atomic E-state index is 5.80. The number of methoxy groups -OCH3 is 2. The summed E-state index contributed by atoms with van der Waals surface area (Å²) in [6.45, 7) is 4.72. The molecular formula is C23H24N2O3. The van der Waals surface area contributed by atoms with Crippen LogP contribution in [-0.4, -0.2) is 27.0 Å². The Bertz CT molecular complexity index is 983. The molecule has 1 N–H and O–H groups in total. The highest BCUT2D eigenvalue weighted by Crippen LogP contribution is 2.28. The monoisotopic (exact) mass is 376 g/mol. The highest BCUT2D eigenvalue weighted by atomic mass is 16.5. The summed E-state index contributed by atoms with van der Waals surface area (Å²) in [5.41, 5.74) is 5.05. The fourth-order valence-electron chi connectivity index (χ4n) is 2.92. The fraction of sp³-hybridized carbons (Fsp3) is 0.174. The van der Waals surface area contributed by atoms with E-state index in [0.29, 0.717) is 24.7 Å². The second-order valence-corrected chi connectivity index (χ2v) is 6.08. The Hall–Kier alpha value is -3.47. The highest BCUT2D eigenvalue weighted by molar-refractivity contribution is 6.02. The molecule has 0 saturated carbocycles. The zero-order chi connectivity index (χ0) is 19.8. The molecule has 0 aliphatic rings. The molecule has 0 aliphatic carbocycles. The van der Waals surface area contributed by atoms with Gasteiger partial charge in [0.15, 0.2) is 11.5 Å². The summed E-state index contributed by atoms with van der Waals surface area (Å²) in [5.74, 6) is 2.17. The van der Waals surface area contributed by atoms with Gasteiger partial charge in [-0.25, -0.2) is 0 Å². The van der Waals surface area contributed by atoms with Crippen molar-refractivity contribution >= 4 is 17.0 Å².